The maximum atomic E-state index is 12.3. The largest absolute Gasteiger partial charge is 0.477 e. The number of carboxylic acid groups (broad SMARTS) is 1. The van der Waals surface area contributed by atoms with Crippen molar-refractivity contribution in [2.24, 2.45) is 0 Å². The number of aromatic amines is 1. The third-order valence-electron chi connectivity index (χ3n) is 2.96. The first-order chi connectivity index (χ1) is 9.72. The van der Waals surface area contributed by atoms with Gasteiger partial charge in [0.05, 0.1) is 12.2 Å². The van der Waals surface area contributed by atoms with Crippen molar-refractivity contribution in [1.29, 1.82) is 0 Å². The van der Waals surface area contributed by atoms with Crippen molar-refractivity contribution in [3.8, 4) is 0 Å². The fraction of sp³-hybridized carbons (Fsp3) is 0.333. The highest BCUT2D eigenvalue weighted by molar-refractivity contribution is 7.89. The zero-order valence-electron chi connectivity index (χ0n) is 11.7. The van der Waals surface area contributed by atoms with Crippen molar-refractivity contribution in [1.82, 2.24) is 14.9 Å². The number of sulfonamides is 1. The highest BCUT2D eigenvalue weighted by Crippen LogP contribution is 2.23. The number of H-pyrrole nitrogens is 1. The summed E-state index contributed by atoms with van der Waals surface area (Å²) in [5.41, 5.74) is 0.946. The van der Waals surface area contributed by atoms with E-state index in [1.165, 1.54) is 13.8 Å². The first kappa shape index (κ1) is 15.3. The summed E-state index contributed by atoms with van der Waals surface area (Å²) < 4.78 is 31.9. The van der Waals surface area contributed by atoms with E-state index in [-0.39, 0.29) is 28.4 Å². The van der Waals surface area contributed by atoms with Gasteiger partial charge >= 0.3 is 5.97 Å². The van der Waals surface area contributed by atoms with Crippen molar-refractivity contribution in [3.63, 3.8) is 0 Å². The van der Waals surface area contributed by atoms with Crippen LogP contribution in [0.5, 0.6) is 0 Å². The molecule has 0 aliphatic rings. The number of aromatic nitrogens is 2. The molecular formula is C12H15N3O5S. The second-order valence-corrected chi connectivity index (χ2v) is 6.35. The first-order valence-electron chi connectivity index (χ1n) is 6.06. The van der Waals surface area contributed by atoms with Crippen molar-refractivity contribution in [3.05, 3.63) is 34.5 Å². The van der Waals surface area contributed by atoms with Gasteiger partial charge in [0.15, 0.2) is 5.76 Å². The van der Waals surface area contributed by atoms with E-state index < -0.39 is 16.0 Å². The predicted molar refractivity (Wildman–Crippen MR) is 72.5 cm³/mol. The normalized spacial score (nSPS) is 11.8. The topological polar surface area (TPSA) is 125 Å². The quantitative estimate of drug-likeness (QED) is 0.759. The molecule has 114 valence electrons. The number of aryl methyl sites for hydroxylation is 2. The van der Waals surface area contributed by atoms with Gasteiger partial charge in [-0.1, -0.05) is 5.16 Å². The Hall–Kier alpha value is -2.13. The zero-order chi connectivity index (χ0) is 15.8. The summed E-state index contributed by atoms with van der Waals surface area (Å²) in [6.45, 7) is 4.61. The van der Waals surface area contributed by atoms with E-state index in [9.17, 15) is 13.2 Å². The van der Waals surface area contributed by atoms with Gasteiger partial charge in [0.25, 0.3) is 0 Å². The molecule has 3 N–H and O–H groups in total. The Morgan fingerprint density at radius 2 is 2.10 bits per heavy atom. The molecule has 0 amide bonds. The van der Waals surface area contributed by atoms with Crippen molar-refractivity contribution in [2.45, 2.75) is 32.2 Å². The lowest BCUT2D eigenvalue weighted by atomic mass is 10.2. The van der Waals surface area contributed by atoms with E-state index in [0.29, 0.717) is 11.5 Å². The maximum Gasteiger partial charge on any atom is 0.352 e. The highest BCUT2D eigenvalue weighted by atomic mass is 32.2. The van der Waals surface area contributed by atoms with Crippen LogP contribution in [0.15, 0.2) is 15.5 Å². The van der Waals surface area contributed by atoms with E-state index in [0.717, 1.165) is 0 Å². The number of nitrogens with one attached hydrogen (secondary N) is 2. The number of rotatable bonds is 5. The molecule has 0 aliphatic carbocycles. The summed E-state index contributed by atoms with van der Waals surface area (Å²) in [6, 6.07) is 1.61. The van der Waals surface area contributed by atoms with Gasteiger partial charge < -0.3 is 14.6 Å². The minimum atomic E-state index is -3.86. The van der Waals surface area contributed by atoms with E-state index in [1.54, 1.807) is 13.0 Å². The smallest absolute Gasteiger partial charge is 0.352 e. The molecule has 0 saturated heterocycles. The third kappa shape index (κ3) is 2.98. The Morgan fingerprint density at radius 1 is 1.43 bits per heavy atom. The van der Waals surface area contributed by atoms with Gasteiger partial charge in [-0.15, -0.1) is 0 Å². The standard InChI is InChI=1S/C12H15N3O5S/c1-6-4-9(20-15-6)5-13-21(18,19)11-7(2)10(12(16)17)14-8(11)3/h4,13-14H,5H2,1-3H3,(H,16,17). The van der Waals surface area contributed by atoms with Gasteiger partial charge in [-0.05, 0) is 20.8 Å². The summed E-state index contributed by atoms with van der Waals surface area (Å²) >= 11 is 0. The molecule has 0 aliphatic heterocycles. The molecule has 9 heteroatoms. The molecule has 0 bridgehead atoms. The van der Waals surface area contributed by atoms with Crippen molar-refractivity contribution >= 4 is 16.0 Å². The summed E-state index contributed by atoms with van der Waals surface area (Å²) in [7, 11) is -3.86. The molecule has 0 saturated carbocycles. The molecule has 2 aromatic heterocycles. The van der Waals surface area contributed by atoms with Gasteiger partial charge in [0.1, 0.15) is 10.6 Å². The Kier molecular flexibility index (Phi) is 3.88. The minimum Gasteiger partial charge on any atom is -0.477 e. The number of carbonyl (C=O) groups is 1. The predicted octanol–water partition coefficient (Wildman–Crippen LogP) is 1.10. The van der Waals surface area contributed by atoms with E-state index in [2.05, 4.69) is 14.9 Å². The fourth-order valence-corrected chi connectivity index (χ4v) is 3.52. The van der Waals surface area contributed by atoms with Crippen LogP contribution in [-0.4, -0.2) is 29.6 Å². The lowest BCUT2D eigenvalue weighted by molar-refractivity contribution is 0.0690. The van der Waals surface area contributed by atoms with Crippen molar-refractivity contribution < 1.29 is 22.8 Å². The third-order valence-corrected chi connectivity index (χ3v) is 4.64. The number of hydrogen-bond donors (Lipinski definition) is 3. The Bertz CT molecular complexity index is 788. The van der Waals surface area contributed by atoms with Crippen LogP contribution in [0.1, 0.15) is 33.2 Å². The van der Waals surface area contributed by atoms with Crippen LogP contribution in [0.2, 0.25) is 0 Å². The van der Waals surface area contributed by atoms with E-state index >= 15 is 0 Å². The molecule has 0 unspecified atom stereocenters. The van der Waals surface area contributed by atoms with Gasteiger partial charge in [-0.25, -0.2) is 17.9 Å². The average Bonchev–Trinajstić information content (AvgIpc) is 2.91. The molecule has 2 aromatic rings. The van der Waals surface area contributed by atoms with E-state index in [1.807, 2.05) is 0 Å². The van der Waals surface area contributed by atoms with Gasteiger partial charge in [0, 0.05) is 17.3 Å². The minimum absolute atomic E-state index is 0.0591. The Morgan fingerprint density at radius 3 is 2.57 bits per heavy atom. The summed E-state index contributed by atoms with van der Waals surface area (Å²) in [5, 5.41) is 12.7. The number of nitrogens with zero attached hydrogens (tertiary/aromatic N) is 1. The van der Waals surface area contributed by atoms with Gasteiger partial charge in [-0.3, -0.25) is 0 Å². The van der Waals surface area contributed by atoms with Gasteiger partial charge in [0.2, 0.25) is 10.0 Å². The molecule has 21 heavy (non-hydrogen) atoms. The van der Waals surface area contributed by atoms with E-state index in [4.69, 9.17) is 9.63 Å². The van der Waals surface area contributed by atoms with Crippen LogP contribution in [0.4, 0.5) is 0 Å². The Labute approximate surface area is 121 Å². The molecule has 8 nitrogen and oxygen atoms in total. The number of hydrogen-bond acceptors (Lipinski definition) is 5. The number of aromatic carboxylic acids is 1. The number of carboxylic acids is 1. The van der Waals surface area contributed by atoms with Crippen LogP contribution in [0.25, 0.3) is 0 Å². The summed E-state index contributed by atoms with van der Waals surface area (Å²) in [5.74, 6) is -0.830. The average molecular weight is 313 g/mol. The molecule has 2 heterocycles. The molecular weight excluding hydrogens is 298 g/mol. The SMILES string of the molecule is Cc1cc(CNS(=O)(=O)c2c(C)[nH]c(C(=O)O)c2C)on1. The van der Waals surface area contributed by atoms with Crippen LogP contribution in [0, 0.1) is 20.8 Å². The zero-order valence-corrected chi connectivity index (χ0v) is 12.5. The second kappa shape index (κ2) is 5.34. The Balaban J connectivity index is 2.29. The second-order valence-electron chi connectivity index (χ2n) is 4.64. The monoisotopic (exact) mass is 313 g/mol. The van der Waals surface area contributed by atoms with Crippen LogP contribution < -0.4 is 4.72 Å². The summed E-state index contributed by atoms with van der Waals surface area (Å²) in [4.78, 5) is 13.5. The lowest BCUT2D eigenvalue weighted by Crippen LogP contribution is -2.24. The molecule has 0 aromatic carbocycles. The van der Waals surface area contributed by atoms with Crippen LogP contribution >= 0.6 is 0 Å². The molecule has 0 fully saturated rings. The first-order valence-corrected chi connectivity index (χ1v) is 7.55. The molecule has 2 rings (SSSR count). The van der Waals surface area contributed by atoms with Crippen LogP contribution in [0.3, 0.4) is 0 Å². The fourth-order valence-electron chi connectivity index (χ4n) is 2.09. The highest BCUT2D eigenvalue weighted by Gasteiger charge is 2.26. The van der Waals surface area contributed by atoms with Crippen molar-refractivity contribution in [2.75, 3.05) is 0 Å². The molecule has 0 radical (unpaired) electrons. The molecule has 0 atom stereocenters. The maximum absolute atomic E-state index is 12.3. The van der Waals surface area contributed by atoms with Gasteiger partial charge in [-0.2, -0.15) is 0 Å². The lowest BCUT2D eigenvalue weighted by Gasteiger charge is -2.05. The molecule has 0 spiro atoms. The van der Waals surface area contributed by atoms with Crippen LogP contribution in [-0.2, 0) is 16.6 Å². The summed E-state index contributed by atoms with van der Waals surface area (Å²) in [6.07, 6.45) is 0.